The molecule has 0 aliphatic rings. The summed E-state index contributed by atoms with van der Waals surface area (Å²) in [5.74, 6) is -0.719. The van der Waals surface area contributed by atoms with Crippen LogP contribution in [0, 0.1) is 0 Å². The molecule has 0 aliphatic carbocycles. The van der Waals surface area contributed by atoms with Gasteiger partial charge < -0.3 is 9.84 Å². The van der Waals surface area contributed by atoms with Crippen LogP contribution in [0.3, 0.4) is 0 Å². The van der Waals surface area contributed by atoms with E-state index in [9.17, 15) is 13.2 Å². The Labute approximate surface area is 208 Å². The number of rotatable bonds is 9. The highest BCUT2D eigenvalue weighted by Crippen LogP contribution is 2.25. The third-order valence-corrected chi connectivity index (χ3v) is 6.85. The number of sulfonamides is 1. The van der Waals surface area contributed by atoms with Crippen LogP contribution in [-0.4, -0.2) is 35.4 Å². The molecular weight excluding hydrogens is 464 g/mol. The van der Waals surface area contributed by atoms with Crippen molar-refractivity contribution in [3.05, 3.63) is 89.7 Å². The van der Waals surface area contributed by atoms with Gasteiger partial charge in [-0.2, -0.15) is 4.31 Å². The van der Waals surface area contributed by atoms with Gasteiger partial charge in [0, 0.05) is 25.5 Å². The van der Waals surface area contributed by atoms with Crippen LogP contribution < -0.4 is 4.74 Å². The molecule has 3 aromatic rings. The van der Waals surface area contributed by atoms with Crippen molar-refractivity contribution in [2.75, 3.05) is 6.61 Å². The third-order valence-electron chi connectivity index (χ3n) is 5.07. The van der Waals surface area contributed by atoms with Gasteiger partial charge in [-0.3, -0.25) is 4.98 Å². The average molecular weight is 499 g/mol. The molecule has 1 aromatic heterocycles. The number of hydrogen-bond acceptors (Lipinski definition) is 5. The first-order valence-corrected chi connectivity index (χ1v) is 12.9. The first-order chi connectivity index (χ1) is 16.6. The summed E-state index contributed by atoms with van der Waals surface area (Å²) in [7, 11) is -3.84. The van der Waals surface area contributed by atoms with E-state index in [1.807, 2.05) is 38.1 Å². The van der Waals surface area contributed by atoms with Crippen molar-refractivity contribution in [3.8, 4) is 5.75 Å². The molecule has 1 N–H and O–H groups in total. The number of carbonyl (C=O) groups is 1. The van der Waals surface area contributed by atoms with Gasteiger partial charge in [0.2, 0.25) is 10.0 Å². The van der Waals surface area contributed by atoms with Gasteiger partial charge in [-0.25, -0.2) is 13.2 Å². The number of aliphatic carboxylic acids is 1. The van der Waals surface area contributed by atoms with Crippen molar-refractivity contribution in [1.29, 1.82) is 0 Å². The lowest BCUT2D eigenvalue weighted by atomic mass is 9.87. The Kier molecular flexibility index (Phi) is 9.98. The molecule has 7 nitrogen and oxygen atoms in total. The second-order valence-electron chi connectivity index (χ2n) is 8.74. The smallest absolute Gasteiger partial charge is 0.341 e. The molecule has 3 rings (SSSR count). The summed E-state index contributed by atoms with van der Waals surface area (Å²) in [4.78, 5) is 14.9. The molecule has 0 saturated heterocycles. The Morgan fingerprint density at radius 2 is 1.63 bits per heavy atom. The lowest BCUT2D eigenvalue weighted by Crippen LogP contribution is -2.30. The van der Waals surface area contributed by atoms with E-state index >= 15 is 0 Å². The zero-order valence-electron chi connectivity index (χ0n) is 20.9. The topological polar surface area (TPSA) is 96.8 Å². The van der Waals surface area contributed by atoms with E-state index in [-0.39, 0.29) is 23.4 Å². The van der Waals surface area contributed by atoms with Gasteiger partial charge in [0.15, 0.2) is 6.61 Å². The van der Waals surface area contributed by atoms with Crippen LogP contribution in [0.1, 0.15) is 51.3 Å². The lowest BCUT2D eigenvalue weighted by molar-refractivity contribution is -0.139. The van der Waals surface area contributed by atoms with Crippen LogP contribution in [0.2, 0.25) is 0 Å². The van der Waals surface area contributed by atoms with Gasteiger partial charge in [0.1, 0.15) is 10.6 Å². The van der Waals surface area contributed by atoms with Gasteiger partial charge in [-0.15, -0.1) is 0 Å². The second-order valence-corrected chi connectivity index (χ2v) is 10.7. The van der Waals surface area contributed by atoms with E-state index in [4.69, 9.17) is 9.84 Å². The molecule has 8 heteroatoms. The van der Waals surface area contributed by atoms with E-state index in [0.29, 0.717) is 11.3 Å². The maximum absolute atomic E-state index is 13.4. The van der Waals surface area contributed by atoms with Crippen molar-refractivity contribution in [1.82, 2.24) is 9.29 Å². The zero-order valence-corrected chi connectivity index (χ0v) is 21.7. The standard InChI is InChI=1S/C25H28N2O5S.C2H6/c1-25(2,3)21-11-9-19(10-12-21)16-27(33(30,31)23-8-5-13-26-15-23)17-20-6-4-7-22(14-20)32-18-24(28)29;1-2/h4-15H,16-18H2,1-3H3,(H,28,29);1-2H3. The number of hydrogen-bond donors (Lipinski definition) is 1. The van der Waals surface area contributed by atoms with E-state index in [2.05, 4.69) is 25.8 Å². The largest absolute Gasteiger partial charge is 0.482 e. The maximum Gasteiger partial charge on any atom is 0.341 e. The van der Waals surface area contributed by atoms with Crippen LogP contribution in [0.5, 0.6) is 5.75 Å². The quantitative estimate of drug-likeness (QED) is 0.432. The van der Waals surface area contributed by atoms with Crippen LogP contribution >= 0.6 is 0 Å². The number of carboxylic acids is 1. The molecule has 0 atom stereocenters. The lowest BCUT2D eigenvalue weighted by Gasteiger charge is -2.24. The molecule has 0 saturated carbocycles. The van der Waals surface area contributed by atoms with Gasteiger partial charge >= 0.3 is 5.97 Å². The molecule has 0 aliphatic heterocycles. The summed E-state index contributed by atoms with van der Waals surface area (Å²) in [5, 5.41) is 8.84. The predicted molar refractivity (Wildman–Crippen MR) is 137 cm³/mol. The first-order valence-electron chi connectivity index (χ1n) is 11.5. The van der Waals surface area contributed by atoms with Crippen molar-refractivity contribution in [3.63, 3.8) is 0 Å². The third kappa shape index (κ3) is 8.19. The van der Waals surface area contributed by atoms with Gasteiger partial charge in [-0.1, -0.05) is 71.0 Å². The zero-order chi connectivity index (χ0) is 26.1. The van der Waals surface area contributed by atoms with E-state index in [0.717, 1.165) is 11.1 Å². The molecule has 188 valence electrons. The minimum absolute atomic E-state index is 0.00358. The van der Waals surface area contributed by atoms with Crippen molar-refractivity contribution < 1.29 is 23.1 Å². The van der Waals surface area contributed by atoms with Crippen LogP contribution in [0.4, 0.5) is 0 Å². The SMILES string of the molecule is CC.CC(C)(C)c1ccc(CN(Cc2cccc(OCC(=O)O)c2)S(=O)(=O)c2cccnc2)cc1. The summed E-state index contributed by atoms with van der Waals surface area (Å²) < 4.78 is 33.5. The highest BCUT2D eigenvalue weighted by Gasteiger charge is 2.25. The average Bonchev–Trinajstić information content (AvgIpc) is 2.84. The summed E-state index contributed by atoms with van der Waals surface area (Å²) in [6.07, 6.45) is 2.86. The van der Waals surface area contributed by atoms with E-state index in [1.54, 1.807) is 30.3 Å². The molecule has 35 heavy (non-hydrogen) atoms. The minimum atomic E-state index is -3.84. The molecule has 1 heterocycles. The molecule has 0 bridgehead atoms. The molecule has 2 aromatic carbocycles. The van der Waals surface area contributed by atoms with E-state index < -0.39 is 22.6 Å². The molecular formula is C27H34N2O5S. The maximum atomic E-state index is 13.4. The summed E-state index contributed by atoms with van der Waals surface area (Å²) in [5.41, 5.74) is 2.69. The second kappa shape index (κ2) is 12.5. The fourth-order valence-corrected chi connectivity index (χ4v) is 4.65. The summed E-state index contributed by atoms with van der Waals surface area (Å²) in [6, 6.07) is 17.8. The molecule has 0 fully saturated rings. The minimum Gasteiger partial charge on any atom is -0.482 e. The summed E-state index contributed by atoms with van der Waals surface area (Å²) >= 11 is 0. The normalized spacial score (nSPS) is 11.5. The van der Waals surface area contributed by atoms with E-state index in [1.165, 1.54) is 22.8 Å². The van der Waals surface area contributed by atoms with Gasteiger partial charge in [-0.05, 0) is 46.4 Å². The molecule has 0 amide bonds. The molecule has 0 radical (unpaired) electrons. The van der Waals surface area contributed by atoms with Gasteiger partial charge in [0.25, 0.3) is 0 Å². The Morgan fingerprint density at radius 3 is 2.20 bits per heavy atom. The Morgan fingerprint density at radius 1 is 0.971 bits per heavy atom. The summed E-state index contributed by atoms with van der Waals surface area (Å²) in [6.45, 7) is 10.2. The number of nitrogens with zero attached hydrogens (tertiary/aromatic N) is 2. The molecule has 0 spiro atoms. The predicted octanol–water partition coefficient (Wildman–Crippen LogP) is 5.26. The Hall–Kier alpha value is -3.23. The van der Waals surface area contributed by atoms with Crippen molar-refractivity contribution in [2.45, 2.75) is 58.0 Å². The number of carboxylic acid groups (broad SMARTS) is 1. The monoisotopic (exact) mass is 498 g/mol. The Balaban J connectivity index is 0.00000210. The molecule has 0 unspecified atom stereocenters. The number of pyridine rings is 1. The Bertz CT molecular complexity index is 1190. The highest BCUT2D eigenvalue weighted by molar-refractivity contribution is 7.89. The highest BCUT2D eigenvalue weighted by atomic mass is 32.2. The van der Waals surface area contributed by atoms with Crippen LogP contribution in [0.15, 0.2) is 78.0 Å². The van der Waals surface area contributed by atoms with Crippen LogP contribution in [0.25, 0.3) is 0 Å². The van der Waals surface area contributed by atoms with Crippen LogP contribution in [-0.2, 0) is 33.3 Å². The van der Waals surface area contributed by atoms with Crippen molar-refractivity contribution in [2.24, 2.45) is 0 Å². The fraction of sp³-hybridized carbons (Fsp3) is 0.333. The number of benzene rings is 2. The number of aromatic nitrogens is 1. The number of ether oxygens (including phenoxy) is 1. The van der Waals surface area contributed by atoms with Crippen molar-refractivity contribution >= 4 is 16.0 Å². The first kappa shape index (κ1) is 28.0. The van der Waals surface area contributed by atoms with Gasteiger partial charge in [0.05, 0.1) is 0 Å². The fourth-order valence-electron chi connectivity index (χ4n) is 3.27.